The van der Waals surface area contributed by atoms with E-state index in [1.165, 1.54) is 0 Å². The molecule has 0 spiro atoms. The van der Waals surface area contributed by atoms with Crippen LogP contribution in [0.15, 0.2) is 6.07 Å². The Kier molecular flexibility index (Phi) is 3.24. The summed E-state index contributed by atoms with van der Waals surface area (Å²) >= 11 is 0. The SMILES string of the molecule is Cc1cc(NC(=O)C2CCCC(N)C2)n[nH]1. The molecule has 1 aliphatic rings. The average molecular weight is 222 g/mol. The van der Waals surface area contributed by atoms with E-state index in [0.717, 1.165) is 31.4 Å². The molecule has 5 heteroatoms. The van der Waals surface area contributed by atoms with Crippen LogP contribution in [0.25, 0.3) is 0 Å². The average Bonchev–Trinajstić information content (AvgIpc) is 2.64. The number of aromatic nitrogens is 2. The number of aromatic amines is 1. The predicted molar refractivity (Wildman–Crippen MR) is 61.9 cm³/mol. The Bertz CT molecular complexity index is 374. The first-order valence-electron chi connectivity index (χ1n) is 5.73. The summed E-state index contributed by atoms with van der Waals surface area (Å²) < 4.78 is 0. The first-order chi connectivity index (χ1) is 7.65. The quantitative estimate of drug-likeness (QED) is 0.702. The van der Waals surface area contributed by atoms with Crippen LogP contribution in [0, 0.1) is 12.8 Å². The lowest BCUT2D eigenvalue weighted by molar-refractivity contribution is -0.120. The van der Waals surface area contributed by atoms with Gasteiger partial charge in [-0.15, -0.1) is 0 Å². The molecule has 0 radical (unpaired) electrons. The zero-order valence-electron chi connectivity index (χ0n) is 9.49. The summed E-state index contributed by atoms with van der Waals surface area (Å²) in [5.74, 6) is 0.684. The molecule has 2 rings (SSSR count). The van der Waals surface area contributed by atoms with Crippen molar-refractivity contribution in [1.29, 1.82) is 0 Å². The zero-order chi connectivity index (χ0) is 11.5. The van der Waals surface area contributed by atoms with Gasteiger partial charge in [0.15, 0.2) is 5.82 Å². The first-order valence-corrected chi connectivity index (χ1v) is 5.73. The number of hydrogen-bond acceptors (Lipinski definition) is 3. The summed E-state index contributed by atoms with van der Waals surface area (Å²) in [5.41, 5.74) is 6.80. The third kappa shape index (κ3) is 2.61. The maximum atomic E-state index is 11.9. The number of rotatable bonds is 2. The second kappa shape index (κ2) is 4.65. The molecule has 2 unspecified atom stereocenters. The lowest BCUT2D eigenvalue weighted by Crippen LogP contribution is -2.34. The molecule has 0 aromatic carbocycles. The van der Waals surface area contributed by atoms with Crippen molar-refractivity contribution in [2.24, 2.45) is 11.7 Å². The van der Waals surface area contributed by atoms with Gasteiger partial charge in [0.05, 0.1) is 0 Å². The van der Waals surface area contributed by atoms with E-state index in [0.29, 0.717) is 5.82 Å². The molecule has 1 aromatic rings. The zero-order valence-corrected chi connectivity index (χ0v) is 9.49. The van der Waals surface area contributed by atoms with Crippen LogP contribution in [-0.2, 0) is 4.79 Å². The van der Waals surface area contributed by atoms with Gasteiger partial charge in [-0.3, -0.25) is 9.89 Å². The molecule has 0 saturated heterocycles. The van der Waals surface area contributed by atoms with Crippen LogP contribution in [0.5, 0.6) is 0 Å². The van der Waals surface area contributed by atoms with Crippen molar-refractivity contribution in [1.82, 2.24) is 10.2 Å². The van der Waals surface area contributed by atoms with E-state index >= 15 is 0 Å². The van der Waals surface area contributed by atoms with Crippen LogP contribution in [0.1, 0.15) is 31.4 Å². The van der Waals surface area contributed by atoms with E-state index in [2.05, 4.69) is 15.5 Å². The molecule has 88 valence electrons. The fraction of sp³-hybridized carbons (Fsp3) is 0.636. The summed E-state index contributed by atoms with van der Waals surface area (Å²) in [4.78, 5) is 11.9. The van der Waals surface area contributed by atoms with Crippen LogP contribution < -0.4 is 11.1 Å². The fourth-order valence-electron chi connectivity index (χ4n) is 2.18. The molecule has 5 nitrogen and oxygen atoms in total. The van der Waals surface area contributed by atoms with E-state index in [9.17, 15) is 4.79 Å². The highest BCUT2D eigenvalue weighted by molar-refractivity contribution is 5.91. The van der Waals surface area contributed by atoms with Gasteiger partial charge < -0.3 is 11.1 Å². The number of hydrogen-bond donors (Lipinski definition) is 3. The Morgan fingerprint density at radius 2 is 2.44 bits per heavy atom. The highest BCUT2D eigenvalue weighted by Gasteiger charge is 2.25. The van der Waals surface area contributed by atoms with Crippen molar-refractivity contribution >= 4 is 11.7 Å². The van der Waals surface area contributed by atoms with Crippen LogP contribution in [0.4, 0.5) is 5.82 Å². The number of nitrogens with two attached hydrogens (primary N) is 1. The Morgan fingerprint density at radius 3 is 3.06 bits per heavy atom. The van der Waals surface area contributed by atoms with Gasteiger partial charge in [0, 0.05) is 23.7 Å². The number of H-pyrrole nitrogens is 1. The van der Waals surface area contributed by atoms with Crippen molar-refractivity contribution in [2.75, 3.05) is 5.32 Å². The molecule has 1 amide bonds. The van der Waals surface area contributed by atoms with Crippen LogP contribution >= 0.6 is 0 Å². The Morgan fingerprint density at radius 1 is 1.62 bits per heavy atom. The highest BCUT2D eigenvalue weighted by atomic mass is 16.1. The minimum absolute atomic E-state index is 0.0424. The van der Waals surface area contributed by atoms with Gasteiger partial charge in [-0.25, -0.2) is 0 Å². The van der Waals surface area contributed by atoms with Crippen molar-refractivity contribution in [3.8, 4) is 0 Å². The molecule has 1 aliphatic carbocycles. The minimum atomic E-state index is 0.0424. The fourth-order valence-corrected chi connectivity index (χ4v) is 2.18. The number of amides is 1. The number of carbonyl (C=O) groups is 1. The van der Waals surface area contributed by atoms with Crippen molar-refractivity contribution < 1.29 is 4.79 Å². The van der Waals surface area contributed by atoms with Gasteiger partial charge in [0.1, 0.15) is 0 Å². The standard InChI is InChI=1S/C11H18N4O/c1-7-5-10(15-14-7)13-11(16)8-3-2-4-9(12)6-8/h5,8-9H,2-4,6,12H2,1H3,(H2,13,14,15,16). The molecular formula is C11H18N4O. The van der Waals surface area contributed by atoms with Gasteiger partial charge in [-0.2, -0.15) is 5.10 Å². The minimum Gasteiger partial charge on any atom is -0.328 e. The van der Waals surface area contributed by atoms with Crippen LogP contribution in [-0.4, -0.2) is 22.1 Å². The molecule has 16 heavy (non-hydrogen) atoms. The van der Waals surface area contributed by atoms with Gasteiger partial charge in [-0.1, -0.05) is 6.42 Å². The molecule has 1 fully saturated rings. The summed E-state index contributed by atoms with van der Waals surface area (Å²) in [7, 11) is 0. The summed E-state index contributed by atoms with van der Waals surface area (Å²) in [5, 5.41) is 9.59. The van der Waals surface area contributed by atoms with E-state index in [1.807, 2.05) is 13.0 Å². The molecule has 4 N–H and O–H groups in total. The van der Waals surface area contributed by atoms with Crippen LogP contribution in [0.2, 0.25) is 0 Å². The predicted octanol–water partition coefficient (Wildman–Crippen LogP) is 1.17. The topological polar surface area (TPSA) is 83.8 Å². The van der Waals surface area contributed by atoms with Gasteiger partial charge in [0.25, 0.3) is 0 Å². The molecule has 1 aromatic heterocycles. The van der Waals surface area contributed by atoms with Crippen molar-refractivity contribution in [3.63, 3.8) is 0 Å². The Hall–Kier alpha value is -1.36. The lowest BCUT2D eigenvalue weighted by atomic mass is 9.85. The molecule has 1 saturated carbocycles. The number of nitrogens with zero attached hydrogens (tertiary/aromatic N) is 1. The monoisotopic (exact) mass is 222 g/mol. The van der Waals surface area contributed by atoms with Crippen molar-refractivity contribution in [2.45, 2.75) is 38.6 Å². The van der Waals surface area contributed by atoms with E-state index in [4.69, 9.17) is 5.73 Å². The maximum absolute atomic E-state index is 11.9. The smallest absolute Gasteiger partial charge is 0.228 e. The third-order valence-electron chi connectivity index (χ3n) is 3.04. The summed E-state index contributed by atoms with van der Waals surface area (Å²) in [6.07, 6.45) is 3.79. The molecule has 0 aliphatic heterocycles. The first kappa shape index (κ1) is 11.1. The number of anilines is 1. The lowest BCUT2D eigenvalue weighted by Gasteiger charge is -2.25. The number of aryl methyl sites for hydroxylation is 1. The molecule has 2 atom stereocenters. The van der Waals surface area contributed by atoms with Gasteiger partial charge in [-0.05, 0) is 26.2 Å². The maximum Gasteiger partial charge on any atom is 0.228 e. The molecular weight excluding hydrogens is 204 g/mol. The van der Waals surface area contributed by atoms with E-state index in [-0.39, 0.29) is 17.9 Å². The van der Waals surface area contributed by atoms with Gasteiger partial charge in [0.2, 0.25) is 5.91 Å². The van der Waals surface area contributed by atoms with E-state index < -0.39 is 0 Å². The molecule has 1 heterocycles. The summed E-state index contributed by atoms with van der Waals surface area (Å²) in [6, 6.07) is 1.99. The Balaban J connectivity index is 1.92. The Labute approximate surface area is 94.8 Å². The third-order valence-corrected chi connectivity index (χ3v) is 3.04. The second-order valence-corrected chi connectivity index (χ2v) is 4.55. The highest BCUT2D eigenvalue weighted by Crippen LogP contribution is 2.24. The summed E-state index contributed by atoms with van der Waals surface area (Å²) in [6.45, 7) is 1.90. The normalized spacial score (nSPS) is 25.4. The van der Waals surface area contributed by atoms with Crippen molar-refractivity contribution in [3.05, 3.63) is 11.8 Å². The largest absolute Gasteiger partial charge is 0.328 e. The number of carbonyl (C=O) groups excluding carboxylic acids is 1. The van der Waals surface area contributed by atoms with E-state index in [1.54, 1.807) is 0 Å². The number of nitrogens with one attached hydrogen (secondary N) is 2. The van der Waals surface area contributed by atoms with Gasteiger partial charge >= 0.3 is 0 Å². The second-order valence-electron chi connectivity index (χ2n) is 4.55. The van der Waals surface area contributed by atoms with Crippen LogP contribution in [0.3, 0.4) is 0 Å². The molecule has 0 bridgehead atoms.